The lowest BCUT2D eigenvalue weighted by molar-refractivity contribution is -0.120. The molecule has 1 N–H and O–H groups in total. The molecule has 0 heterocycles. The third-order valence-corrected chi connectivity index (χ3v) is 2.25. The predicted octanol–water partition coefficient (Wildman–Crippen LogP) is 2.06. The van der Waals surface area contributed by atoms with Gasteiger partial charge in [-0.3, -0.25) is 4.79 Å². The summed E-state index contributed by atoms with van der Waals surface area (Å²) in [5.74, 6) is -0.0448. The maximum absolute atomic E-state index is 11.7. The van der Waals surface area contributed by atoms with E-state index in [1.165, 1.54) is 7.11 Å². The van der Waals surface area contributed by atoms with Crippen LogP contribution in [0.2, 0.25) is 0 Å². The maximum atomic E-state index is 11.7. The van der Waals surface area contributed by atoms with Crippen molar-refractivity contribution in [1.82, 2.24) is 5.32 Å². The summed E-state index contributed by atoms with van der Waals surface area (Å²) >= 11 is 0. The number of alkyl carbamates (subject to hydrolysis) is 1. The minimum Gasteiger partial charge on any atom is -0.453 e. The Bertz CT molecular complexity index is 362. The van der Waals surface area contributed by atoms with Crippen LogP contribution in [0.15, 0.2) is 30.3 Å². The van der Waals surface area contributed by atoms with Crippen LogP contribution in [-0.2, 0) is 9.53 Å². The van der Waals surface area contributed by atoms with Crippen LogP contribution in [0.5, 0.6) is 0 Å². The summed E-state index contributed by atoms with van der Waals surface area (Å²) in [6.07, 6.45) is -0.237. The molecule has 0 saturated heterocycles. The van der Waals surface area contributed by atoms with Gasteiger partial charge in [0, 0.05) is 6.42 Å². The van der Waals surface area contributed by atoms with Crippen molar-refractivity contribution in [2.75, 3.05) is 7.11 Å². The smallest absolute Gasteiger partial charge is 0.407 e. The molecular weight excluding hydrogens is 206 g/mol. The number of ether oxygens (including phenoxy) is 1. The molecule has 0 aromatic heterocycles. The molecule has 0 saturated carbocycles. The molecule has 0 aliphatic rings. The molecular formula is C12H15NO3. The van der Waals surface area contributed by atoms with Crippen molar-refractivity contribution in [1.29, 1.82) is 0 Å². The fraction of sp³-hybridized carbons (Fsp3) is 0.333. The summed E-state index contributed by atoms with van der Waals surface area (Å²) in [5, 5.41) is 2.52. The lowest BCUT2D eigenvalue weighted by atomic mass is 10.0. The highest BCUT2D eigenvalue weighted by Crippen LogP contribution is 2.15. The van der Waals surface area contributed by atoms with Gasteiger partial charge >= 0.3 is 6.09 Å². The first kappa shape index (κ1) is 12.2. The van der Waals surface area contributed by atoms with Crippen LogP contribution in [-0.4, -0.2) is 19.0 Å². The van der Waals surface area contributed by atoms with E-state index in [-0.39, 0.29) is 5.78 Å². The summed E-state index contributed by atoms with van der Waals surface area (Å²) in [7, 11) is 1.27. The van der Waals surface area contributed by atoms with Crippen molar-refractivity contribution in [3.63, 3.8) is 0 Å². The van der Waals surface area contributed by atoms with E-state index in [2.05, 4.69) is 10.1 Å². The standard InChI is InChI=1S/C12H15NO3/c1-3-10(14)11(13-12(15)16-2)9-7-5-4-6-8-9/h4-8,11H,3H2,1-2H3,(H,13,15)/t11-/m1/s1. The van der Waals surface area contributed by atoms with Crippen molar-refractivity contribution >= 4 is 11.9 Å². The number of carbonyl (C=O) groups excluding carboxylic acids is 2. The maximum Gasteiger partial charge on any atom is 0.407 e. The number of Topliss-reactive ketones (excluding diaryl/α,β-unsaturated/α-hetero) is 1. The number of methoxy groups -OCH3 is 1. The molecule has 0 radical (unpaired) electrons. The molecule has 1 aromatic carbocycles. The summed E-state index contributed by atoms with van der Waals surface area (Å²) in [6, 6.07) is 8.48. The first-order valence-electron chi connectivity index (χ1n) is 5.11. The second-order valence-electron chi connectivity index (χ2n) is 3.30. The molecule has 0 unspecified atom stereocenters. The van der Waals surface area contributed by atoms with E-state index in [1.807, 2.05) is 18.2 Å². The lowest BCUT2D eigenvalue weighted by Gasteiger charge is -2.16. The first-order chi connectivity index (χ1) is 7.69. The van der Waals surface area contributed by atoms with Gasteiger partial charge in [-0.2, -0.15) is 0 Å². The molecule has 0 spiro atoms. The van der Waals surface area contributed by atoms with Crippen molar-refractivity contribution in [3.05, 3.63) is 35.9 Å². The van der Waals surface area contributed by atoms with Gasteiger partial charge < -0.3 is 10.1 Å². The molecule has 16 heavy (non-hydrogen) atoms. The van der Waals surface area contributed by atoms with Crippen LogP contribution in [0, 0.1) is 0 Å². The Morgan fingerprint density at radius 1 is 1.31 bits per heavy atom. The van der Waals surface area contributed by atoms with E-state index in [9.17, 15) is 9.59 Å². The quantitative estimate of drug-likeness (QED) is 0.846. The monoisotopic (exact) mass is 221 g/mol. The van der Waals surface area contributed by atoms with E-state index >= 15 is 0 Å². The fourth-order valence-corrected chi connectivity index (χ4v) is 1.38. The van der Waals surface area contributed by atoms with Crippen LogP contribution in [0.25, 0.3) is 0 Å². The summed E-state index contributed by atoms with van der Waals surface area (Å²) in [4.78, 5) is 22.8. The van der Waals surface area contributed by atoms with Gasteiger partial charge in [-0.15, -0.1) is 0 Å². The number of nitrogens with one attached hydrogen (secondary N) is 1. The highest BCUT2D eigenvalue weighted by Gasteiger charge is 2.20. The van der Waals surface area contributed by atoms with E-state index < -0.39 is 12.1 Å². The molecule has 86 valence electrons. The highest BCUT2D eigenvalue weighted by atomic mass is 16.5. The molecule has 0 aliphatic heterocycles. The topological polar surface area (TPSA) is 55.4 Å². The van der Waals surface area contributed by atoms with E-state index in [4.69, 9.17) is 0 Å². The lowest BCUT2D eigenvalue weighted by Crippen LogP contribution is -2.33. The largest absolute Gasteiger partial charge is 0.453 e. The number of rotatable bonds is 4. The zero-order chi connectivity index (χ0) is 12.0. The minimum absolute atomic E-state index is 0.0448. The third kappa shape index (κ3) is 3.08. The fourth-order valence-electron chi connectivity index (χ4n) is 1.38. The van der Waals surface area contributed by atoms with E-state index in [1.54, 1.807) is 19.1 Å². The minimum atomic E-state index is -0.626. The van der Waals surface area contributed by atoms with Crippen molar-refractivity contribution in [2.45, 2.75) is 19.4 Å². The molecule has 1 rings (SSSR count). The van der Waals surface area contributed by atoms with Gasteiger partial charge in [0.2, 0.25) is 0 Å². The summed E-state index contributed by atoms with van der Waals surface area (Å²) < 4.78 is 4.49. The first-order valence-corrected chi connectivity index (χ1v) is 5.11. The van der Waals surface area contributed by atoms with Crippen molar-refractivity contribution in [2.24, 2.45) is 0 Å². The zero-order valence-electron chi connectivity index (χ0n) is 9.40. The number of ketones is 1. The summed E-state index contributed by atoms with van der Waals surface area (Å²) in [6.45, 7) is 1.76. The van der Waals surface area contributed by atoms with Crippen LogP contribution in [0.3, 0.4) is 0 Å². The van der Waals surface area contributed by atoms with Crippen molar-refractivity contribution < 1.29 is 14.3 Å². The molecule has 1 amide bonds. The van der Waals surface area contributed by atoms with Crippen LogP contribution >= 0.6 is 0 Å². The number of carbonyl (C=O) groups is 2. The molecule has 1 atom stereocenters. The van der Waals surface area contributed by atoms with Gasteiger partial charge in [-0.1, -0.05) is 37.3 Å². The second-order valence-corrected chi connectivity index (χ2v) is 3.30. The summed E-state index contributed by atoms with van der Waals surface area (Å²) in [5.41, 5.74) is 0.764. The Kier molecular flexibility index (Phi) is 4.51. The van der Waals surface area contributed by atoms with Gasteiger partial charge in [-0.05, 0) is 5.56 Å². The second kappa shape index (κ2) is 5.90. The van der Waals surface area contributed by atoms with Crippen LogP contribution < -0.4 is 5.32 Å². The predicted molar refractivity (Wildman–Crippen MR) is 60.0 cm³/mol. The van der Waals surface area contributed by atoms with Crippen LogP contribution in [0.4, 0.5) is 4.79 Å². The Hall–Kier alpha value is -1.84. The number of hydrogen-bond donors (Lipinski definition) is 1. The van der Waals surface area contributed by atoms with Gasteiger partial charge in [0.25, 0.3) is 0 Å². The highest BCUT2D eigenvalue weighted by molar-refractivity contribution is 5.88. The Morgan fingerprint density at radius 3 is 2.44 bits per heavy atom. The third-order valence-electron chi connectivity index (χ3n) is 2.25. The molecule has 0 aliphatic carbocycles. The van der Waals surface area contributed by atoms with Crippen molar-refractivity contribution in [3.8, 4) is 0 Å². The van der Waals surface area contributed by atoms with Gasteiger partial charge in [-0.25, -0.2) is 4.79 Å². The Morgan fingerprint density at radius 2 is 1.94 bits per heavy atom. The van der Waals surface area contributed by atoms with E-state index in [0.29, 0.717) is 6.42 Å². The normalized spacial score (nSPS) is 11.6. The molecule has 0 bridgehead atoms. The van der Waals surface area contributed by atoms with E-state index in [0.717, 1.165) is 5.56 Å². The number of hydrogen-bond acceptors (Lipinski definition) is 3. The molecule has 4 nitrogen and oxygen atoms in total. The number of amides is 1. The Labute approximate surface area is 94.6 Å². The van der Waals surface area contributed by atoms with Gasteiger partial charge in [0.05, 0.1) is 7.11 Å². The number of benzene rings is 1. The average molecular weight is 221 g/mol. The SMILES string of the molecule is CCC(=O)[C@H](NC(=O)OC)c1ccccc1. The average Bonchev–Trinajstić information content (AvgIpc) is 2.35. The molecule has 0 fully saturated rings. The zero-order valence-corrected chi connectivity index (χ0v) is 9.40. The van der Waals surface area contributed by atoms with Crippen LogP contribution in [0.1, 0.15) is 24.9 Å². The molecule has 4 heteroatoms. The Balaban J connectivity index is 2.88. The molecule has 1 aromatic rings. The van der Waals surface area contributed by atoms with Gasteiger partial charge in [0.1, 0.15) is 6.04 Å². The van der Waals surface area contributed by atoms with Gasteiger partial charge in [0.15, 0.2) is 5.78 Å².